The Morgan fingerprint density at radius 3 is 2.53 bits per heavy atom. The molecule has 2 nitrogen and oxygen atoms in total. The molecule has 1 atom stereocenters. The Balaban J connectivity index is 1.89. The summed E-state index contributed by atoms with van der Waals surface area (Å²) in [5.41, 5.74) is -0.0676. The summed E-state index contributed by atoms with van der Waals surface area (Å²) >= 11 is 0. The lowest BCUT2D eigenvalue weighted by Gasteiger charge is -2.36. The third-order valence-electron chi connectivity index (χ3n) is 4.53. The molecule has 17 heavy (non-hydrogen) atoms. The molecule has 2 saturated carbocycles. The van der Waals surface area contributed by atoms with Gasteiger partial charge in [-0.3, -0.25) is 4.79 Å². The summed E-state index contributed by atoms with van der Waals surface area (Å²) in [6.07, 6.45) is 6.23. The number of Topliss-reactive ketones (excluding diaryl/α,β-unsaturated/α-hetero) is 1. The van der Waals surface area contributed by atoms with Crippen LogP contribution in [0.4, 0.5) is 0 Å². The summed E-state index contributed by atoms with van der Waals surface area (Å²) in [7, 11) is 0. The Kier molecular flexibility index (Phi) is 3.92. The summed E-state index contributed by atoms with van der Waals surface area (Å²) in [6, 6.07) is 0. The van der Waals surface area contributed by atoms with E-state index in [2.05, 4.69) is 25.7 Å². The normalized spacial score (nSPS) is 28.7. The molecule has 1 unspecified atom stereocenters. The third-order valence-corrected chi connectivity index (χ3v) is 4.53. The zero-order valence-corrected chi connectivity index (χ0v) is 11.7. The standard InChI is InChI=1S/C15H27NO/c1-4-16(10-12-7-8-12)11-13-6-5-9-15(2,3)14(13)17/h12-13H,4-11H2,1-3H3. The first-order valence-corrected chi connectivity index (χ1v) is 7.29. The van der Waals surface area contributed by atoms with Crippen LogP contribution in [0.3, 0.4) is 0 Å². The molecule has 0 radical (unpaired) electrons. The van der Waals surface area contributed by atoms with Crippen molar-refractivity contribution in [2.45, 2.75) is 52.9 Å². The maximum Gasteiger partial charge on any atom is 0.142 e. The lowest BCUT2D eigenvalue weighted by molar-refractivity contribution is -0.135. The van der Waals surface area contributed by atoms with Gasteiger partial charge in [-0.15, -0.1) is 0 Å². The fourth-order valence-corrected chi connectivity index (χ4v) is 3.08. The van der Waals surface area contributed by atoms with Crippen LogP contribution in [0.15, 0.2) is 0 Å². The molecular formula is C15H27NO. The van der Waals surface area contributed by atoms with E-state index in [9.17, 15) is 4.79 Å². The van der Waals surface area contributed by atoms with Crippen LogP contribution in [0.1, 0.15) is 52.9 Å². The smallest absolute Gasteiger partial charge is 0.142 e. The van der Waals surface area contributed by atoms with Crippen LogP contribution in [-0.2, 0) is 4.79 Å². The Hall–Kier alpha value is -0.370. The van der Waals surface area contributed by atoms with Gasteiger partial charge >= 0.3 is 0 Å². The van der Waals surface area contributed by atoms with Crippen molar-refractivity contribution in [1.29, 1.82) is 0 Å². The van der Waals surface area contributed by atoms with E-state index >= 15 is 0 Å². The number of nitrogens with zero attached hydrogens (tertiary/aromatic N) is 1. The van der Waals surface area contributed by atoms with Crippen molar-refractivity contribution in [1.82, 2.24) is 4.90 Å². The monoisotopic (exact) mass is 237 g/mol. The first-order valence-electron chi connectivity index (χ1n) is 7.29. The maximum atomic E-state index is 12.4. The van der Waals surface area contributed by atoms with Crippen LogP contribution in [-0.4, -0.2) is 30.3 Å². The molecule has 0 heterocycles. The summed E-state index contributed by atoms with van der Waals surface area (Å²) < 4.78 is 0. The Morgan fingerprint density at radius 2 is 1.94 bits per heavy atom. The highest BCUT2D eigenvalue weighted by atomic mass is 16.1. The number of carbonyl (C=O) groups is 1. The van der Waals surface area contributed by atoms with Crippen molar-refractivity contribution >= 4 is 5.78 Å². The molecule has 0 aromatic rings. The zero-order valence-electron chi connectivity index (χ0n) is 11.7. The predicted octanol–water partition coefficient (Wildman–Crippen LogP) is 3.11. The van der Waals surface area contributed by atoms with E-state index in [4.69, 9.17) is 0 Å². The van der Waals surface area contributed by atoms with Crippen LogP contribution in [0.2, 0.25) is 0 Å². The van der Waals surface area contributed by atoms with Gasteiger partial charge < -0.3 is 4.90 Å². The molecule has 0 aromatic heterocycles. The Morgan fingerprint density at radius 1 is 1.24 bits per heavy atom. The lowest BCUT2D eigenvalue weighted by Crippen LogP contribution is -2.42. The summed E-state index contributed by atoms with van der Waals surface area (Å²) in [5, 5.41) is 0. The molecule has 2 aliphatic rings. The molecule has 0 saturated heterocycles. The van der Waals surface area contributed by atoms with Gasteiger partial charge in [-0.2, -0.15) is 0 Å². The van der Waals surface area contributed by atoms with Crippen LogP contribution in [0.25, 0.3) is 0 Å². The van der Waals surface area contributed by atoms with Crippen molar-refractivity contribution in [3.8, 4) is 0 Å². The molecule has 0 N–H and O–H groups in total. The molecule has 2 aliphatic carbocycles. The third kappa shape index (κ3) is 3.31. The van der Waals surface area contributed by atoms with Crippen LogP contribution < -0.4 is 0 Å². The predicted molar refractivity (Wildman–Crippen MR) is 71.0 cm³/mol. The van der Waals surface area contributed by atoms with Gasteiger partial charge in [-0.25, -0.2) is 0 Å². The SMILES string of the molecule is CCN(CC1CC1)CC1CCCC(C)(C)C1=O. The van der Waals surface area contributed by atoms with Crippen molar-refractivity contribution < 1.29 is 4.79 Å². The van der Waals surface area contributed by atoms with Crippen LogP contribution >= 0.6 is 0 Å². The number of hydrogen-bond acceptors (Lipinski definition) is 2. The highest BCUT2D eigenvalue weighted by Crippen LogP contribution is 2.36. The van der Waals surface area contributed by atoms with Gasteiger partial charge in [-0.05, 0) is 38.1 Å². The van der Waals surface area contributed by atoms with Crippen LogP contribution in [0.5, 0.6) is 0 Å². The van der Waals surface area contributed by atoms with Crippen molar-refractivity contribution in [3.63, 3.8) is 0 Å². The molecule has 0 spiro atoms. The topological polar surface area (TPSA) is 20.3 Å². The minimum absolute atomic E-state index is 0.0676. The summed E-state index contributed by atoms with van der Waals surface area (Å²) in [4.78, 5) is 14.9. The van der Waals surface area contributed by atoms with Gasteiger partial charge in [0.1, 0.15) is 5.78 Å². The largest absolute Gasteiger partial charge is 0.303 e. The van der Waals surface area contributed by atoms with Crippen molar-refractivity contribution in [2.24, 2.45) is 17.3 Å². The van der Waals surface area contributed by atoms with Crippen molar-refractivity contribution in [2.75, 3.05) is 19.6 Å². The van der Waals surface area contributed by atoms with Gasteiger partial charge in [0, 0.05) is 24.4 Å². The Labute approximate surface area is 106 Å². The highest BCUT2D eigenvalue weighted by Gasteiger charge is 2.38. The molecule has 0 amide bonds. The van der Waals surface area contributed by atoms with E-state index in [1.807, 2.05) is 0 Å². The van der Waals surface area contributed by atoms with E-state index in [0.717, 1.165) is 31.8 Å². The highest BCUT2D eigenvalue weighted by molar-refractivity contribution is 5.87. The zero-order chi connectivity index (χ0) is 12.5. The average molecular weight is 237 g/mol. The molecule has 0 bridgehead atoms. The molecule has 2 rings (SSSR count). The second-order valence-corrected chi connectivity index (χ2v) is 6.63. The quantitative estimate of drug-likeness (QED) is 0.732. The molecule has 0 aliphatic heterocycles. The van der Waals surface area contributed by atoms with Gasteiger partial charge in [0.15, 0.2) is 0 Å². The van der Waals surface area contributed by atoms with E-state index in [-0.39, 0.29) is 5.41 Å². The minimum Gasteiger partial charge on any atom is -0.303 e. The van der Waals surface area contributed by atoms with Crippen molar-refractivity contribution in [3.05, 3.63) is 0 Å². The van der Waals surface area contributed by atoms with E-state index in [1.54, 1.807) is 0 Å². The van der Waals surface area contributed by atoms with Gasteiger partial charge in [-0.1, -0.05) is 27.2 Å². The second kappa shape index (κ2) is 5.09. The first-order chi connectivity index (χ1) is 8.03. The fourth-order valence-electron chi connectivity index (χ4n) is 3.08. The number of rotatable bonds is 5. The van der Waals surface area contributed by atoms with Gasteiger partial charge in [0.05, 0.1) is 0 Å². The number of carbonyl (C=O) groups excluding carboxylic acids is 1. The number of ketones is 1. The number of hydrogen-bond donors (Lipinski definition) is 0. The molecule has 0 aromatic carbocycles. The molecule has 2 heteroatoms. The van der Waals surface area contributed by atoms with E-state index < -0.39 is 0 Å². The molecule has 98 valence electrons. The average Bonchev–Trinajstić information content (AvgIpc) is 3.07. The second-order valence-electron chi connectivity index (χ2n) is 6.63. The molecular weight excluding hydrogens is 210 g/mol. The summed E-state index contributed by atoms with van der Waals surface area (Å²) in [5.74, 6) is 1.75. The lowest BCUT2D eigenvalue weighted by atomic mass is 9.71. The fraction of sp³-hybridized carbons (Fsp3) is 0.933. The van der Waals surface area contributed by atoms with Crippen LogP contribution in [0, 0.1) is 17.3 Å². The van der Waals surface area contributed by atoms with E-state index in [0.29, 0.717) is 11.7 Å². The van der Waals surface area contributed by atoms with Gasteiger partial charge in [0.2, 0.25) is 0 Å². The maximum absolute atomic E-state index is 12.4. The van der Waals surface area contributed by atoms with E-state index in [1.165, 1.54) is 25.8 Å². The minimum atomic E-state index is -0.0676. The Bertz CT molecular complexity index is 281. The van der Waals surface area contributed by atoms with Gasteiger partial charge in [0.25, 0.3) is 0 Å². The summed E-state index contributed by atoms with van der Waals surface area (Å²) in [6.45, 7) is 9.80. The molecule has 2 fully saturated rings. The first kappa shape index (κ1) is 13.1.